The monoisotopic (exact) mass is 239 g/mol. The molecule has 1 aromatic heterocycles. The molecule has 0 amide bonds. The predicted molar refractivity (Wildman–Crippen MR) is 74.9 cm³/mol. The molecular formula is C15H17N3. The molecule has 0 aliphatic heterocycles. The zero-order chi connectivity index (χ0) is 13.2. The van der Waals surface area contributed by atoms with Crippen LogP contribution in [0.15, 0.2) is 30.5 Å². The molecule has 2 aromatic rings. The summed E-state index contributed by atoms with van der Waals surface area (Å²) in [4.78, 5) is 3.26. The largest absolute Gasteiger partial charge is 0.361 e. The zero-order valence-corrected chi connectivity index (χ0v) is 10.7. The fourth-order valence-corrected chi connectivity index (χ4v) is 2.08. The maximum absolute atomic E-state index is 8.51. The van der Waals surface area contributed by atoms with Crippen LogP contribution in [0.3, 0.4) is 0 Å². The van der Waals surface area contributed by atoms with Crippen LogP contribution >= 0.6 is 0 Å². The number of nitrogens with one attached hydrogen (secondary N) is 1. The van der Waals surface area contributed by atoms with E-state index in [-0.39, 0.29) is 5.54 Å². The molecule has 3 N–H and O–H groups in total. The second-order valence-electron chi connectivity index (χ2n) is 5.25. The van der Waals surface area contributed by atoms with Gasteiger partial charge in [0.2, 0.25) is 0 Å². The number of hydrogen-bond donors (Lipinski definition) is 2. The molecule has 0 saturated carbocycles. The molecule has 0 aliphatic carbocycles. The predicted octanol–water partition coefficient (Wildman–Crippen LogP) is 2.98. The molecule has 0 bridgehead atoms. The molecular weight excluding hydrogens is 222 g/mol. The summed E-state index contributed by atoms with van der Waals surface area (Å²) >= 11 is 0. The summed E-state index contributed by atoms with van der Waals surface area (Å²) in [6, 6.07) is 8.12. The van der Waals surface area contributed by atoms with E-state index in [9.17, 15) is 0 Å². The Bertz CT molecular complexity index is 621. The van der Waals surface area contributed by atoms with Crippen molar-refractivity contribution in [1.29, 1.82) is 5.26 Å². The summed E-state index contributed by atoms with van der Waals surface area (Å²) < 4.78 is 0. The van der Waals surface area contributed by atoms with Crippen molar-refractivity contribution in [2.45, 2.75) is 25.8 Å². The third kappa shape index (κ3) is 2.79. The lowest BCUT2D eigenvalue weighted by Crippen LogP contribution is -2.34. The molecule has 92 valence electrons. The summed E-state index contributed by atoms with van der Waals surface area (Å²) in [7, 11) is 0. The fraction of sp³-hybridized carbons (Fsp3) is 0.267. The van der Waals surface area contributed by atoms with Gasteiger partial charge in [-0.2, -0.15) is 5.26 Å². The number of nitriles is 1. The van der Waals surface area contributed by atoms with Crippen molar-refractivity contribution in [3.63, 3.8) is 0 Å². The minimum Gasteiger partial charge on any atom is -0.361 e. The average molecular weight is 239 g/mol. The van der Waals surface area contributed by atoms with Crippen LogP contribution in [-0.2, 0) is 6.42 Å². The van der Waals surface area contributed by atoms with Gasteiger partial charge in [0.25, 0.3) is 0 Å². The first-order chi connectivity index (χ1) is 8.49. The Hall–Kier alpha value is -2.05. The maximum atomic E-state index is 8.51. The highest BCUT2D eigenvalue weighted by Crippen LogP contribution is 2.23. The lowest BCUT2D eigenvalue weighted by Gasteiger charge is -2.17. The van der Waals surface area contributed by atoms with Crippen LogP contribution in [0.2, 0.25) is 0 Å². The van der Waals surface area contributed by atoms with Gasteiger partial charge in [-0.05, 0) is 43.5 Å². The molecule has 18 heavy (non-hydrogen) atoms. The van der Waals surface area contributed by atoms with Crippen molar-refractivity contribution in [1.82, 2.24) is 4.98 Å². The van der Waals surface area contributed by atoms with Gasteiger partial charge in [0.15, 0.2) is 0 Å². The highest BCUT2D eigenvalue weighted by molar-refractivity contribution is 5.85. The Morgan fingerprint density at radius 1 is 1.44 bits per heavy atom. The first-order valence-electron chi connectivity index (χ1n) is 5.95. The summed E-state index contributed by atoms with van der Waals surface area (Å²) in [6.45, 7) is 4.05. The van der Waals surface area contributed by atoms with Crippen LogP contribution in [-0.4, -0.2) is 10.5 Å². The summed E-state index contributed by atoms with van der Waals surface area (Å²) in [5, 5.41) is 9.71. The van der Waals surface area contributed by atoms with E-state index >= 15 is 0 Å². The molecule has 1 heterocycles. The molecule has 0 atom stereocenters. The molecule has 3 nitrogen and oxygen atoms in total. The molecule has 0 aliphatic rings. The Labute approximate surface area is 107 Å². The number of aromatic amines is 1. The zero-order valence-electron chi connectivity index (χ0n) is 10.7. The number of nitrogens with zero attached hydrogens (tertiary/aromatic N) is 1. The van der Waals surface area contributed by atoms with Gasteiger partial charge in [0.1, 0.15) is 0 Å². The number of rotatable bonds is 3. The number of nitrogens with two attached hydrogens (primary N) is 1. The van der Waals surface area contributed by atoms with Crippen molar-refractivity contribution < 1.29 is 0 Å². The second kappa shape index (κ2) is 4.67. The number of fused-ring (bicyclic) bond motifs is 1. The van der Waals surface area contributed by atoms with Crippen molar-refractivity contribution in [2.75, 3.05) is 0 Å². The summed E-state index contributed by atoms with van der Waals surface area (Å²) in [6.07, 6.45) is 6.12. The number of benzene rings is 1. The van der Waals surface area contributed by atoms with Crippen molar-refractivity contribution in [3.05, 3.63) is 41.6 Å². The van der Waals surface area contributed by atoms with Gasteiger partial charge in [0, 0.05) is 28.7 Å². The summed E-state index contributed by atoms with van der Waals surface area (Å²) in [5.74, 6) is 0. The minimum absolute atomic E-state index is 0.214. The van der Waals surface area contributed by atoms with Gasteiger partial charge in [-0.25, -0.2) is 0 Å². The highest BCUT2D eigenvalue weighted by Gasteiger charge is 2.14. The number of aromatic nitrogens is 1. The van der Waals surface area contributed by atoms with E-state index in [0.717, 1.165) is 17.5 Å². The maximum Gasteiger partial charge on any atom is 0.0912 e. The van der Waals surface area contributed by atoms with E-state index in [2.05, 4.69) is 11.1 Å². The van der Waals surface area contributed by atoms with Crippen LogP contribution in [0.1, 0.15) is 25.0 Å². The lowest BCUT2D eigenvalue weighted by molar-refractivity contribution is 0.518. The SMILES string of the molecule is CC(C)(N)Cc1c[nH]c2cc(/C=C/C#N)ccc12. The van der Waals surface area contributed by atoms with E-state index < -0.39 is 0 Å². The Morgan fingerprint density at radius 2 is 2.22 bits per heavy atom. The fourth-order valence-electron chi connectivity index (χ4n) is 2.08. The normalized spacial score (nSPS) is 12.1. The Balaban J connectivity index is 2.38. The van der Waals surface area contributed by atoms with Gasteiger partial charge in [-0.15, -0.1) is 0 Å². The standard InChI is InChI=1S/C15H17N3/c1-15(2,17)9-12-10-18-14-8-11(4-3-7-16)5-6-13(12)14/h3-6,8,10,18H,9,17H2,1-2H3/b4-3+. The smallest absolute Gasteiger partial charge is 0.0912 e. The topological polar surface area (TPSA) is 65.6 Å². The van der Waals surface area contributed by atoms with Gasteiger partial charge >= 0.3 is 0 Å². The Morgan fingerprint density at radius 3 is 2.89 bits per heavy atom. The molecule has 0 spiro atoms. The molecule has 3 heteroatoms. The summed E-state index contributed by atoms with van der Waals surface area (Å²) in [5.41, 5.74) is 9.16. The quantitative estimate of drug-likeness (QED) is 0.809. The van der Waals surface area contributed by atoms with E-state index in [4.69, 9.17) is 11.0 Å². The van der Waals surface area contributed by atoms with Gasteiger partial charge in [0.05, 0.1) is 6.07 Å². The number of allylic oxidation sites excluding steroid dienone is 1. The molecule has 0 fully saturated rings. The van der Waals surface area contributed by atoms with E-state index in [1.54, 1.807) is 6.08 Å². The number of H-pyrrole nitrogens is 1. The minimum atomic E-state index is -0.214. The van der Waals surface area contributed by atoms with Crippen LogP contribution in [0.25, 0.3) is 17.0 Å². The first-order valence-corrected chi connectivity index (χ1v) is 5.95. The van der Waals surface area contributed by atoms with E-state index in [0.29, 0.717) is 0 Å². The van der Waals surface area contributed by atoms with Gasteiger partial charge in [-0.1, -0.05) is 12.1 Å². The molecule has 2 rings (SSSR count). The third-order valence-corrected chi connectivity index (χ3v) is 2.79. The first kappa shape index (κ1) is 12.4. The lowest BCUT2D eigenvalue weighted by atomic mass is 9.96. The molecule has 0 radical (unpaired) electrons. The van der Waals surface area contributed by atoms with Crippen molar-refractivity contribution in [3.8, 4) is 6.07 Å². The third-order valence-electron chi connectivity index (χ3n) is 2.79. The Kier molecular flexibility index (Phi) is 3.22. The van der Waals surface area contributed by atoms with E-state index in [1.807, 2.05) is 38.2 Å². The molecule has 0 unspecified atom stereocenters. The van der Waals surface area contributed by atoms with Crippen LogP contribution in [0, 0.1) is 11.3 Å². The highest BCUT2D eigenvalue weighted by atomic mass is 14.7. The second-order valence-corrected chi connectivity index (χ2v) is 5.25. The van der Waals surface area contributed by atoms with Gasteiger partial charge < -0.3 is 10.7 Å². The van der Waals surface area contributed by atoms with Crippen molar-refractivity contribution >= 4 is 17.0 Å². The number of hydrogen-bond acceptors (Lipinski definition) is 2. The molecule has 0 saturated heterocycles. The van der Waals surface area contributed by atoms with Crippen LogP contribution in [0.5, 0.6) is 0 Å². The average Bonchev–Trinajstić information content (AvgIpc) is 2.67. The van der Waals surface area contributed by atoms with E-state index in [1.165, 1.54) is 17.0 Å². The van der Waals surface area contributed by atoms with Gasteiger partial charge in [-0.3, -0.25) is 0 Å². The molecule has 1 aromatic carbocycles. The van der Waals surface area contributed by atoms with Crippen molar-refractivity contribution in [2.24, 2.45) is 5.73 Å². The van der Waals surface area contributed by atoms with Crippen LogP contribution < -0.4 is 5.73 Å². The van der Waals surface area contributed by atoms with Crippen LogP contribution in [0.4, 0.5) is 0 Å².